The molecule has 12 heteroatoms. The summed E-state index contributed by atoms with van der Waals surface area (Å²) < 4.78 is 32.4. The fourth-order valence-corrected chi connectivity index (χ4v) is 6.81. The molecular weight excluding hydrogens is 614 g/mol. The van der Waals surface area contributed by atoms with Gasteiger partial charge in [-0.2, -0.15) is 0 Å². The lowest BCUT2D eigenvalue weighted by molar-refractivity contribution is 0.0920. The number of benzene rings is 2. The Morgan fingerprint density at radius 1 is 0.729 bits per heavy atom. The van der Waals surface area contributed by atoms with E-state index in [2.05, 4.69) is 20.6 Å². The minimum atomic E-state index is -0.337. The fourth-order valence-electron chi connectivity index (χ4n) is 6.81. The first kappa shape index (κ1) is 30.9. The Morgan fingerprint density at radius 3 is 1.62 bits per heavy atom. The van der Waals surface area contributed by atoms with E-state index in [0.717, 1.165) is 61.0 Å². The summed E-state index contributed by atoms with van der Waals surface area (Å²) in [6, 6.07) is 13.3. The molecule has 0 spiro atoms. The molecule has 0 atom stereocenters. The van der Waals surface area contributed by atoms with Crippen molar-refractivity contribution >= 4 is 45.3 Å². The predicted molar refractivity (Wildman–Crippen MR) is 183 cm³/mol. The van der Waals surface area contributed by atoms with E-state index in [1.165, 1.54) is 24.3 Å². The average molecular weight is 649 g/mol. The van der Waals surface area contributed by atoms with Gasteiger partial charge < -0.3 is 30.4 Å². The van der Waals surface area contributed by atoms with Gasteiger partial charge in [-0.25, -0.2) is 18.7 Å². The van der Waals surface area contributed by atoms with Crippen LogP contribution in [0.3, 0.4) is 0 Å². The third-order valence-corrected chi connectivity index (χ3v) is 9.03. The number of aryl methyl sites for hydroxylation is 2. The van der Waals surface area contributed by atoms with Crippen molar-refractivity contribution in [3.63, 3.8) is 0 Å². The van der Waals surface area contributed by atoms with Crippen LogP contribution >= 0.6 is 0 Å². The number of fused-ring (bicyclic) bond motifs is 6. The Balaban J connectivity index is 0.000000152. The number of halogens is 2. The number of carbonyl (C=O) groups is 2. The van der Waals surface area contributed by atoms with Crippen molar-refractivity contribution in [2.45, 2.75) is 26.9 Å². The third-order valence-electron chi connectivity index (χ3n) is 9.03. The number of nitrogen functional groups attached to an aromatic ring is 1. The normalized spacial score (nSPS) is 13.8. The summed E-state index contributed by atoms with van der Waals surface area (Å²) in [6.07, 6.45) is 3.38. The van der Waals surface area contributed by atoms with Gasteiger partial charge >= 0.3 is 0 Å². The molecule has 0 radical (unpaired) electrons. The maximum absolute atomic E-state index is 14.3. The summed E-state index contributed by atoms with van der Waals surface area (Å²) in [7, 11) is 3.85. The Bertz CT molecular complexity index is 2250. The van der Waals surface area contributed by atoms with Crippen molar-refractivity contribution in [2.24, 2.45) is 0 Å². The highest BCUT2D eigenvalue weighted by Crippen LogP contribution is 2.37. The van der Waals surface area contributed by atoms with Gasteiger partial charge in [-0.1, -0.05) is 0 Å². The molecule has 2 aliphatic rings. The van der Waals surface area contributed by atoms with Gasteiger partial charge in [0.15, 0.2) is 0 Å². The lowest BCUT2D eigenvalue weighted by Gasteiger charge is -2.18. The number of nitrogens with two attached hydrogens (primary N) is 1. The molecule has 0 aliphatic carbocycles. The van der Waals surface area contributed by atoms with Crippen molar-refractivity contribution < 1.29 is 18.4 Å². The zero-order chi connectivity index (χ0) is 33.9. The van der Waals surface area contributed by atoms with E-state index in [9.17, 15) is 18.4 Å². The summed E-state index contributed by atoms with van der Waals surface area (Å²) in [5.74, 6) is 0.374. The molecule has 48 heavy (non-hydrogen) atoms. The quantitative estimate of drug-likeness (QED) is 0.235. The van der Waals surface area contributed by atoms with E-state index in [4.69, 9.17) is 5.73 Å². The van der Waals surface area contributed by atoms with Crippen LogP contribution in [0.2, 0.25) is 0 Å². The van der Waals surface area contributed by atoms with Crippen LogP contribution in [-0.2, 0) is 13.1 Å². The molecule has 2 amide bonds. The summed E-state index contributed by atoms with van der Waals surface area (Å²) in [6.45, 7) is 6.19. The zero-order valence-electron chi connectivity index (χ0n) is 27.0. The van der Waals surface area contributed by atoms with Crippen LogP contribution in [0.5, 0.6) is 0 Å². The van der Waals surface area contributed by atoms with Crippen LogP contribution in [-0.4, -0.2) is 58.1 Å². The highest BCUT2D eigenvalue weighted by molar-refractivity contribution is 6.07. The van der Waals surface area contributed by atoms with E-state index < -0.39 is 0 Å². The Kier molecular flexibility index (Phi) is 7.57. The van der Waals surface area contributed by atoms with Gasteiger partial charge in [0.05, 0.1) is 11.0 Å². The molecule has 0 saturated carbocycles. The van der Waals surface area contributed by atoms with Crippen LogP contribution in [0.1, 0.15) is 32.1 Å². The lowest BCUT2D eigenvalue weighted by Crippen LogP contribution is -2.35. The number of pyridine rings is 2. The number of nitrogens with zero attached hydrogens (tertiary/aromatic N) is 5. The summed E-state index contributed by atoms with van der Waals surface area (Å²) in [5, 5.41) is 7.23. The number of nitrogens with one attached hydrogen (secondary N) is 2. The standard InChI is InChI=1S/C19H19FN4O.C17H15FN4O/c1-11-14-8-13(20)9-15(12-4-5-16(22-10-12)23(2)3)18(14)24-7-6-21-19(25)17(11)24;1-9-12-6-11(18)7-13(10-2-3-14(19)21-8-10)16(12)22-5-4-20-17(23)15(9)22/h4-5,8-10H,6-7H2,1-3H3,(H,21,25);2-3,6-8H,4-5H2,1H3,(H2,19,21)(H,20,23). The molecule has 0 bridgehead atoms. The van der Waals surface area contributed by atoms with Crippen LogP contribution in [0.25, 0.3) is 44.1 Å². The van der Waals surface area contributed by atoms with Crippen molar-refractivity contribution in [1.82, 2.24) is 29.7 Å². The van der Waals surface area contributed by atoms with Gasteiger partial charge in [-0.3, -0.25) is 9.59 Å². The Morgan fingerprint density at radius 2 is 1.21 bits per heavy atom. The van der Waals surface area contributed by atoms with Gasteiger partial charge in [-0.15, -0.1) is 0 Å². The number of anilines is 2. The lowest BCUT2D eigenvalue weighted by atomic mass is 10.0. The van der Waals surface area contributed by atoms with Gasteiger partial charge in [-0.05, 0) is 73.5 Å². The average Bonchev–Trinajstić information content (AvgIpc) is 3.52. The van der Waals surface area contributed by atoms with E-state index in [-0.39, 0.29) is 23.4 Å². The summed E-state index contributed by atoms with van der Waals surface area (Å²) in [4.78, 5) is 34.9. The van der Waals surface area contributed by atoms with Crippen molar-refractivity contribution in [3.05, 3.63) is 95.1 Å². The van der Waals surface area contributed by atoms with E-state index in [1.54, 1.807) is 18.5 Å². The monoisotopic (exact) mass is 648 g/mol. The molecule has 2 aromatic carbocycles. The van der Waals surface area contributed by atoms with Crippen LogP contribution < -0.4 is 21.3 Å². The fraction of sp³-hybridized carbons (Fsp3) is 0.222. The maximum Gasteiger partial charge on any atom is 0.268 e. The molecular formula is C36H34F2N8O2. The second-order valence-corrected chi connectivity index (χ2v) is 12.2. The number of hydrogen-bond acceptors (Lipinski definition) is 6. The number of aromatic nitrogens is 4. The molecule has 244 valence electrons. The van der Waals surface area contributed by atoms with Crippen LogP contribution in [0.4, 0.5) is 20.4 Å². The molecule has 0 fully saturated rings. The van der Waals surface area contributed by atoms with Crippen molar-refractivity contribution in [2.75, 3.05) is 37.8 Å². The number of amides is 2. The number of carbonyl (C=O) groups excluding carboxylic acids is 2. The van der Waals surface area contributed by atoms with Crippen LogP contribution in [0.15, 0.2) is 60.9 Å². The SMILES string of the molecule is Cc1c2n(c3c(-c4ccc(N(C)C)nc4)cc(F)cc13)CCNC2=O.Cc1c2n(c3c(-c4ccc(N)nc4)cc(F)cc13)CCNC2=O. The number of rotatable bonds is 3. The summed E-state index contributed by atoms with van der Waals surface area (Å²) in [5.41, 5.74) is 13.3. The van der Waals surface area contributed by atoms with E-state index in [0.29, 0.717) is 43.4 Å². The van der Waals surface area contributed by atoms with Gasteiger partial charge in [0.2, 0.25) is 0 Å². The van der Waals surface area contributed by atoms with Crippen molar-refractivity contribution in [1.29, 1.82) is 0 Å². The largest absolute Gasteiger partial charge is 0.384 e. The van der Waals surface area contributed by atoms with Gasteiger partial charge in [0.25, 0.3) is 11.8 Å². The predicted octanol–water partition coefficient (Wildman–Crippen LogP) is 5.44. The highest BCUT2D eigenvalue weighted by atomic mass is 19.1. The van der Waals surface area contributed by atoms with Crippen molar-refractivity contribution in [3.8, 4) is 22.3 Å². The molecule has 6 heterocycles. The second-order valence-electron chi connectivity index (χ2n) is 12.2. The third kappa shape index (κ3) is 5.09. The molecule has 4 aromatic heterocycles. The molecule has 0 unspecified atom stereocenters. The van der Waals surface area contributed by atoms with Gasteiger partial charge in [0, 0.05) is 85.7 Å². The second kappa shape index (κ2) is 11.8. The van der Waals surface area contributed by atoms with Crippen LogP contribution in [0, 0.1) is 25.5 Å². The maximum atomic E-state index is 14.3. The van der Waals surface area contributed by atoms with Gasteiger partial charge in [0.1, 0.15) is 34.7 Å². The smallest absolute Gasteiger partial charge is 0.268 e. The summed E-state index contributed by atoms with van der Waals surface area (Å²) >= 11 is 0. The molecule has 10 nitrogen and oxygen atoms in total. The zero-order valence-corrected chi connectivity index (χ0v) is 27.0. The topological polar surface area (TPSA) is 123 Å². The molecule has 2 aliphatic heterocycles. The first-order valence-electron chi connectivity index (χ1n) is 15.6. The molecule has 4 N–H and O–H groups in total. The molecule has 6 aromatic rings. The minimum absolute atomic E-state index is 0.104. The molecule has 8 rings (SSSR count). The number of hydrogen-bond donors (Lipinski definition) is 3. The van der Waals surface area contributed by atoms with E-state index in [1.807, 2.05) is 60.2 Å². The first-order valence-corrected chi connectivity index (χ1v) is 15.6. The van der Waals surface area contributed by atoms with E-state index >= 15 is 0 Å². The Labute approximate surface area is 275 Å². The highest BCUT2D eigenvalue weighted by Gasteiger charge is 2.27. The Hall–Kier alpha value is -5.78. The minimum Gasteiger partial charge on any atom is -0.384 e. The molecule has 0 saturated heterocycles. The first-order chi connectivity index (χ1) is 23.0.